The fraction of sp³-hybridized carbons (Fsp3) is 0.423. The fourth-order valence-electron chi connectivity index (χ4n) is 4.91. The van der Waals surface area contributed by atoms with Gasteiger partial charge in [0.25, 0.3) is 0 Å². The third kappa shape index (κ3) is 4.20. The molecule has 8 nitrogen and oxygen atoms in total. The van der Waals surface area contributed by atoms with E-state index in [1.807, 2.05) is 49.6 Å². The summed E-state index contributed by atoms with van der Waals surface area (Å²) in [5.74, 6) is 0.683. The molecular weight excluding hydrogens is 434 g/mol. The van der Waals surface area contributed by atoms with E-state index in [0.717, 1.165) is 35.3 Å². The number of rotatable bonds is 6. The number of fused-ring (bicyclic) bond motifs is 2. The summed E-state index contributed by atoms with van der Waals surface area (Å²) in [5.41, 5.74) is 3.83. The Kier molecular flexibility index (Phi) is 6.13. The van der Waals surface area contributed by atoms with E-state index in [9.17, 15) is 9.59 Å². The number of piperidine rings is 1. The zero-order chi connectivity index (χ0) is 23.7. The smallest absolute Gasteiger partial charge is 0.310 e. The van der Waals surface area contributed by atoms with Crippen LogP contribution in [-0.4, -0.2) is 52.7 Å². The van der Waals surface area contributed by atoms with Crippen LogP contribution in [0.15, 0.2) is 42.7 Å². The summed E-state index contributed by atoms with van der Waals surface area (Å²) in [5, 5.41) is 0. The van der Waals surface area contributed by atoms with Gasteiger partial charge in [-0.05, 0) is 56.0 Å². The molecule has 0 N–H and O–H groups in total. The van der Waals surface area contributed by atoms with Crippen molar-refractivity contribution in [3.63, 3.8) is 0 Å². The van der Waals surface area contributed by atoms with Gasteiger partial charge in [0.1, 0.15) is 5.65 Å². The molecule has 1 saturated heterocycles. The lowest BCUT2D eigenvalue weighted by Gasteiger charge is -2.32. The van der Waals surface area contributed by atoms with Crippen LogP contribution < -0.4 is 9.47 Å². The van der Waals surface area contributed by atoms with Gasteiger partial charge >= 0.3 is 5.97 Å². The van der Waals surface area contributed by atoms with Gasteiger partial charge in [0.2, 0.25) is 12.7 Å². The van der Waals surface area contributed by atoms with Crippen molar-refractivity contribution in [1.29, 1.82) is 0 Å². The van der Waals surface area contributed by atoms with Crippen molar-refractivity contribution in [2.75, 3.05) is 26.5 Å². The van der Waals surface area contributed by atoms with E-state index in [0.29, 0.717) is 31.2 Å². The topological polar surface area (TPSA) is 82.4 Å². The van der Waals surface area contributed by atoms with E-state index in [-0.39, 0.29) is 36.9 Å². The molecule has 8 heteroatoms. The van der Waals surface area contributed by atoms with Crippen molar-refractivity contribution in [2.24, 2.45) is 5.92 Å². The van der Waals surface area contributed by atoms with Crippen molar-refractivity contribution in [3.05, 3.63) is 59.5 Å². The average Bonchev–Trinajstić information content (AvgIpc) is 3.50. The summed E-state index contributed by atoms with van der Waals surface area (Å²) >= 11 is 0. The standard InChI is InChI=1S/C26H29N3O5/c1-3-32-26(31)19-7-5-10-28(15-19)24(30)13-20(18-8-9-22-23(12-18)34-16-33-22)21-14-27-25-17(2)6-4-11-29(21)25/h4,6,8-9,11-12,14,19-20H,3,5,7,10,13,15-16H2,1-2H3. The van der Waals surface area contributed by atoms with Gasteiger partial charge in [-0.25, -0.2) is 4.98 Å². The predicted molar refractivity (Wildman–Crippen MR) is 125 cm³/mol. The highest BCUT2D eigenvalue weighted by Gasteiger charge is 2.32. The average molecular weight is 464 g/mol. The molecule has 2 atom stereocenters. The molecule has 0 bridgehead atoms. The summed E-state index contributed by atoms with van der Waals surface area (Å²) in [6.45, 7) is 5.42. The molecule has 0 radical (unpaired) electrons. The van der Waals surface area contributed by atoms with Crippen LogP contribution in [0.5, 0.6) is 11.5 Å². The molecule has 3 aromatic rings. The lowest BCUT2D eigenvalue weighted by Crippen LogP contribution is -2.43. The number of benzene rings is 1. The highest BCUT2D eigenvalue weighted by atomic mass is 16.7. The van der Waals surface area contributed by atoms with Gasteiger partial charge in [0.05, 0.1) is 18.2 Å². The van der Waals surface area contributed by atoms with Crippen LogP contribution in [-0.2, 0) is 14.3 Å². The number of esters is 1. The first-order valence-corrected chi connectivity index (χ1v) is 11.8. The van der Waals surface area contributed by atoms with Crippen LogP contribution in [0.25, 0.3) is 5.65 Å². The highest BCUT2D eigenvalue weighted by Crippen LogP contribution is 2.38. The third-order valence-electron chi connectivity index (χ3n) is 6.69. The minimum atomic E-state index is -0.264. The first-order valence-electron chi connectivity index (χ1n) is 11.8. The largest absolute Gasteiger partial charge is 0.466 e. The minimum absolute atomic E-state index is 0.0132. The summed E-state index contributed by atoms with van der Waals surface area (Å²) in [7, 11) is 0. The molecule has 178 valence electrons. The Morgan fingerprint density at radius 3 is 2.94 bits per heavy atom. The van der Waals surface area contributed by atoms with Gasteiger partial charge in [0, 0.05) is 37.8 Å². The first-order chi connectivity index (χ1) is 16.5. The second-order valence-corrected chi connectivity index (χ2v) is 8.87. The molecule has 2 aliphatic rings. The summed E-state index contributed by atoms with van der Waals surface area (Å²) in [4.78, 5) is 32.3. The maximum Gasteiger partial charge on any atom is 0.310 e. The number of carbonyl (C=O) groups excluding carboxylic acids is 2. The van der Waals surface area contributed by atoms with Crippen molar-refractivity contribution in [3.8, 4) is 11.5 Å². The van der Waals surface area contributed by atoms with Gasteiger partial charge in [-0.2, -0.15) is 0 Å². The van der Waals surface area contributed by atoms with E-state index in [1.165, 1.54) is 0 Å². The zero-order valence-electron chi connectivity index (χ0n) is 19.5. The Morgan fingerprint density at radius 1 is 1.24 bits per heavy atom. The normalized spacial score (nSPS) is 18.2. The number of carbonyl (C=O) groups is 2. The van der Waals surface area contributed by atoms with Crippen LogP contribution >= 0.6 is 0 Å². The van der Waals surface area contributed by atoms with E-state index >= 15 is 0 Å². The Labute approximate surface area is 198 Å². The second kappa shape index (κ2) is 9.37. The van der Waals surface area contributed by atoms with Crippen LogP contribution in [0.2, 0.25) is 0 Å². The van der Waals surface area contributed by atoms with Gasteiger partial charge in [-0.1, -0.05) is 12.1 Å². The molecular formula is C26H29N3O5. The number of hydrogen-bond donors (Lipinski definition) is 0. The molecule has 0 spiro atoms. The number of pyridine rings is 1. The van der Waals surface area contributed by atoms with Gasteiger partial charge in [0.15, 0.2) is 11.5 Å². The number of hydrogen-bond acceptors (Lipinski definition) is 6. The number of imidazole rings is 1. The summed E-state index contributed by atoms with van der Waals surface area (Å²) in [6.07, 6.45) is 5.63. The molecule has 2 aromatic heterocycles. The van der Waals surface area contributed by atoms with E-state index in [2.05, 4.69) is 9.38 Å². The Balaban J connectivity index is 1.46. The zero-order valence-corrected chi connectivity index (χ0v) is 19.5. The van der Waals surface area contributed by atoms with Crippen molar-refractivity contribution in [2.45, 2.75) is 39.0 Å². The van der Waals surface area contributed by atoms with E-state index < -0.39 is 0 Å². The number of aromatic nitrogens is 2. The number of ether oxygens (including phenoxy) is 3. The molecule has 34 heavy (non-hydrogen) atoms. The molecule has 4 heterocycles. The van der Waals surface area contributed by atoms with Crippen molar-refractivity contribution < 1.29 is 23.8 Å². The number of likely N-dealkylation sites (tertiary alicyclic amines) is 1. The summed E-state index contributed by atoms with van der Waals surface area (Å²) < 4.78 is 18.3. The van der Waals surface area contributed by atoms with Crippen LogP contribution in [0.1, 0.15) is 48.9 Å². The molecule has 1 aromatic carbocycles. The maximum atomic E-state index is 13.5. The number of amides is 1. The van der Waals surface area contributed by atoms with Crippen LogP contribution in [0.3, 0.4) is 0 Å². The maximum absolute atomic E-state index is 13.5. The first kappa shape index (κ1) is 22.3. The molecule has 0 saturated carbocycles. The monoisotopic (exact) mass is 463 g/mol. The Hall–Kier alpha value is -3.55. The minimum Gasteiger partial charge on any atom is -0.466 e. The Morgan fingerprint density at radius 2 is 2.09 bits per heavy atom. The Bertz CT molecular complexity index is 1220. The molecule has 0 aliphatic carbocycles. The van der Waals surface area contributed by atoms with E-state index in [1.54, 1.807) is 11.8 Å². The van der Waals surface area contributed by atoms with Crippen LogP contribution in [0.4, 0.5) is 0 Å². The quantitative estimate of drug-likeness (QED) is 0.519. The summed E-state index contributed by atoms with van der Waals surface area (Å²) in [6, 6.07) is 9.84. The van der Waals surface area contributed by atoms with Crippen molar-refractivity contribution >= 4 is 17.5 Å². The van der Waals surface area contributed by atoms with Gasteiger partial charge in [-0.15, -0.1) is 0 Å². The lowest BCUT2D eigenvalue weighted by atomic mass is 9.90. The van der Waals surface area contributed by atoms with Gasteiger partial charge in [-0.3, -0.25) is 9.59 Å². The molecule has 5 rings (SSSR count). The van der Waals surface area contributed by atoms with Crippen LogP contribution in [0, 0.1) is 12.8 Å². The molecule has 2 aliphatic heterocycles. The van der Waals surface area contributed by atoms with Crippen molar-refractivity contribution in [1.82, 2.24) is 14.3 Å². The number of aryl methyl sites for hydroxylation is 1. The van der Waals surface area contributed by atoms with Gasteiger partial charge < -0.3 is 23.5 Å². The molecule has 1 fully saturated rings. The van der Waals surface area contributed by atoms with E-state index in [4.69, 9.17) is 14.2 Å². The predicted octanol–water partition coefficient (Wildman–Crippen LogP) is 3.70. The highest BCUT2D eigenvalue weighted by molar-refractivity contribution is 5.80. The SMILES string of the molecule is CCOC(=O)C1CCCN(C(=O)CC(c2ccc3c(c2)OCO3)c2cnc3c(C)cccn23)C1. The molecule has 2 unspecified atom stereocenters. The second-order valence-electron chi connectivity index (χ2n) is 8.87. The number of nitrogens with zero attached hydrogens (tertiary/aromatic N) is 3. The fourth-order valence-corrected chi connectivity index (χ4v) is 4.91. The third-order valence-corrected chi connectivity index (χ3v) is 6.69. The molecule has 1 amide bonds. The lowest BCUT2D eigenvalue weighted by molar-refractivity contribution is -0.151.